The molecule has 1 aromatic carbocycles. The molecular weight excluding hydrogens is 296 g/mol. The van der Waals surface area contributed by atoms with Gasteiger partial charge in [-0.1, -0.05) is 26.0 Å². The zero-order valence-corrected chi connectivity index (χ0v) is 14.4. The van der Waals surface area contributed by atoms with Crippen molar-refractivity contribution < 1.29 is 0 Å². The van der Waals surface area contributed by atoms with E-state index in [1.807, 2.05) is 18.2 Å². The third kappa shape index (κ3) is 3.98. The smallest absolute Gasteiger partial charge is 0.0994 e. The molecule has 2 heterocycles. The molecule has 0 amide bonds. The van der Waals surface area contributed by atoms with Crippen LogP contribution in [0.5, 0.6) is 0 Å². The van der Waals surface area contributed by atoms with Crippen LogP contribution in [0.3, 0.4) is 0 Å². The first-order valence-electron chi connectivity index (χ1n) is 8.67. The van der Waals surface area contributed by atoms with Crippen LogP contribution in [-0.2, 0) is 13.0 Å². The fourth-order valence-corrected chi connectivity index (χ4v) is 3.53. The summed E-state index contributed by atoms with van der Waals surface area (Å²) in [4.78, 5) is 2.41. The average Bonchev–Trinajstić information content (AvgIpc) is 3.03. The summed E-state index contributed by atoms with van der Waals surface area (Å²) in [6.45, 7) is 7.32. The Balaban J connectivity index is 1.73. The Morgan fingerprint density at radius 1 is 1.33 bits per heavy atom. The molecule has 4 nitrogen and oxygen atoms in total. The van der Waals surface area contributed by atoms with Crippen LogP contribution >= 0.6 is 0 Å². The second kappa shape index (κ2) is 7.55. The van der Waals surface area contributed by atoms with Crippen LogP contribution in [-0.4, -0.2) is 28.2 Å². The lowest BCUT2D eigenvalue weighted by Crippen LogP contribution is -2.20. The molecule has 0 saturated carbocycles. The Labute approximate surface area is 144 Å². The molecule has 1 unspecified atom stereocenters. The summed E-state index contributed by atoms with van der Waals surface area (Å²) in [5, 5.41) is 17.6. The molecule has 1 saturated heterocycles. The third-order valence-electron chi connectivity index (χ3n) is 4.61. The topological polar surface area (TPSA) is 52.8 Å². The van der Waals surface area contributed by atoms with E-state index < -0.39 is 0 Å². The normalized spacial score (nSPS) is 18.0. The van der Waals surface area contributed by atoms with E-state index in [-0.39, 0.29) is 0 Å². The van der Waals surface area contributed by atoms with Gasteiger partial charge in [-0.15, -0.1) is 0 Å². The minimum Gasteiger partial charge on any atom is -0.297 e. The first kappa shape index (κ1) is 16.6. The van der Waals surface area contributed by atoms with Gasteiger partial charge in [-0.05, 0) is 60.5 Å². The van der Waals surface area contributed by atoms with Crippen LogP contribution in [0.1, 0.15) is 48.6 Å². The lowest BCUT2D eigenvalue weighted by molar-refractivity contribution is 0.321. The maximum atomic E-state index is 9.47. The fraction of sp³-hybridized carbons (Fsp3) is 0.450. The largest absolute Gasteiger partial charge is 0.297 e. The molecule has 0 spiro atoms. The second-order valence-corrected chi connectivity index (χ2v) is 7.07. The van der Waals surface area contributed by atoms with Gasteiger partial charge in [-0.2, -0.15) is 15.5 Å². The maximum absolute atomic E-state index is 9.47. The van der Waals surface area contributed by atoms with Gasteiger partial charge in [0, 0.05) is 19.3 Å². The number of hydrogen-bond acceptors (Lipinski definition) is 4. The Bertz CT molecular complexity index is 718. The highest BCUT2D eigenvalue weighted by molar-refractivity contribution is 5.43. The van der Waals surface area contributed by atoms with Crippen molar-refractivity contribution >= 4 is 0 Å². The molecule has 3 rings (SSSR count). The van der Waals surface area contributed by atoms with Gasteiger partial charge in [0.1, 0.15) is 0 Å². The molecule has 1 aliphatic rings. The van der Waals surface area contributed by atoms with Crippen molar-refractivity contribution in [1.82, 2.24) is 15.1 Å². The van der Waals surface area contributed by atoms with Crippen molar-refractivity contribution in [1.29, 1.82) is 5.26 Å². The number of hydrogen-bond donors (Lipinski definition) is 0. The summed E-state index contributed by atoms with van der Waals surface area (Å²) in [5.74, 6) is 1.06. The molecule has 0 aliphatic carbocycles. The zero-order valence-electron chi connectivity index (χ0n) is 14.4. The third-order valence-corrected chi connectivity index (χ3v) is 4.61. The van der Waals surface area contributed by atoms with E-state index in [9.17, 15) is 5.26 Å². The zero-order chi connectivity index (χ0) is 16.9. The number of nitriles is 1. The first-order chi connectivity index (χ1) is 11.7. The van der Waals surface area contributed by atoms with Crippen molar-refractivity contribution in [3.05, 3.63) is 58.9 Å². The van der Waals surface area contributed by atoms with E-state index in [1.54, 1.807) is 6.20 Å². The summed E-state index contributed by atoms with van der Waals surface area (Å²) in [6.07, 6.45) is 3.87. The minimum atomic E-state index is 0.434. The predicted octanol–water partition coefficient (Wildman–Crippen LogP) is 3.54. The SMILES string of the molecule is CC(C)Cc1ccc(C#N)c(C2CCN(Cc3cccnn3)C2)c1. The van der Waals surface area contributed by atoms with Crippen LogP contribution < -0.4 is 0 Å². The summed E-state index contributed by atoms with van der Waals surface area (Å²) in [5.41, 5.74) is 4.39. The standard InChI is InChI=1S/C20H24N4/c1-15(2)10-16-5-6-17(12-21)20(11-16)18-7-9-24(13-18)14-19-4-3-8-22-23-19/h3-6,8,11,15,18H,7,9-10,13-14H2,1-2H3. The summed E-state index contributed by atoms with van der Waals surface area (Å²) in [6, 6.07) is 12.7. The van der Waals surface area contributed by atoms with Gasteiger partial charge in [0.05, 0.1) is 17.3 Å². The number of rotatable bonds is 5. The molecule has 0 radical (unpaired) electrons. The minimum absolute atomic E-state index is 0.434. The van der Waals surface area contributed by atoms with Gasteiger partial charge in [-0.25, -0.2) is 0 Å². The molecule has 0 N–H and O–H groups in total. The van der Waals surface area contributed by atoms with Gasteiger partial charge < -0.3 is 0 Å². The molecule has 1 aliphatic heterocycles. The molecule has 1 aromatic heterocycles. The van der Waals surface area contributed by atoms with Crippen LogP contribution in [0.15, 0.2) is 36.5 Å². The van der Waals surface area contributed by atoms with Crippen LogP contribution in [0, 0.1) is 17.2 Å². The maximum Gasteiger partial charge on any atom is 0.0994 e. The van der Waals surface area contributed by atoms with E-state index in [2.05, 4.69) is 47.1 Å². The number of aromatic nitrogens is 2. The van der Waals surface area contributed by atoms with E-state index >= 15 is 0 Å². The molecule has 24 heavy (non-hydrogen) atoms. The van der Waals surface area contributed by atoms with Gasteiger partial charge in [-0.3, -0.25) is 4.90 Å². The van der Waals surface area contributed by atoms with Crippen LogP contribution in [0.4, 0.5) is 0 Å². The summed E-state index contributed by atoms with van der Waals surface area (Å²) < 4.78 is 0. The molecule has 1 atom stereocenters. The molecule has 0 bridgehead atoms. The van der Waals surface area contributed by atoms with Gasteiger partial charge in [0.25, 0.3) is 0 Å². The van der Waals surface area contributed by atoms with Gasteiger partial charge in [0.2, 0.25) is 0 Å². The molecule has 2 aromatic rings. The lowest BCUT2D eigenvalue weighted by Gasteiger charge is -2.17. The van der Waals surface area contributed by atoms with Gasteiger partial charge >= 0.3 is 0 Å². The van der Waals surface area contributed by atoms with Crippen LogP contribution in [0.2, 0.25) is 0 Å². The Hall–Kier alpha value is -2.25. The lowest BCUT2D eigenvalue weighted by atomic mass is 9.90. The van der Waals surface area contributed by atoms with E-state index in [0.717, 1.165) is 43.7 Å². The Morgan fingerprint density at radius 3 is 2.92 bits per heavy atom. The van der Waals surface area contributed by atoms with Crippen molar-refractivity contribution in [2.45, 2.75) is 39.2 Å². The number of likely N-dealkylation sites (tertiary alicyclic amines) is 1. The summed E-state index contributed by atoms with van der Waals surface area (Å²) >= 11 is 0. The van der Waals surface area contributed by atoms with Gasteiger partial charge in [0.15, 0.2) is 0 Å². The van der Waals surface area contributed by atoms with Crippen molar-refractivity contribution in [2.75, 3.05) is 13.1 Å². The van der Waals surface area contributed by atoms with E-state index in [0.29, 0.717) is 11.8 Å². The molecule has 1 fully saturated rings. The van der Waals surface area contributed by atoms with Crippen LogP contribution in [0.25, 0.3) is 0 Å². The van der Waals surface area contributed by atoms with E-state index in [4.69, 9.17) is 0 Å². The highest BCUT2D eigenvalue weighted by atomic mass is 15.2. The fourth-order valence-electron chi connectivity index (χ4n) is 3.53. The average molecular weight is 320 g/mol. The highest BCUT2D eigenvalue weighted by Gasteiger charge is 2.26. The quantitative estimate of drug-likeness (QED) is 0.845. The first-order valence-corrected chi connectivity index (χ1v) is 8.67. The van der Waals surface area contributed by atoms with Crippen molar-refractivity contribution in [2.24, 2.45) is 5.92 Å². The predicted molar refractivity (Wildman–Crippen MR) is 94.4 cm³/mol. The monoisotopic (exact) mass is 320 g/mol. The Kier molecular flexibility index (Phi) is 5.22. The molecule has 124 valence electrons. The number of benzene rings is 1. The van der Waals surface area contributed by atoms with Crippen molar-refractivity contribution in [3.63, 3.8) is 0 Å². The molecular formula is C20H24N4. The number of nitrogens with zero attached hydrogens (tertiary/aromatic N) is 4. The molecule has 4 heteroatoms. The van der Waals surface area contributed by atoms with Crippen molar-refractivity contribution in [3.8, 4) is 6.07 Å². The summed E-state index contributed by atoms with van der Waals surface area (Å²) in [7, 11) is 0. The Morgan fingerprint density at radius 2 is 2.21 bits per heavy atom. The highest BCUT2D eigenvalue weighted by Crippen LogP contribution is 2.31. The van der Waals surface area contributed by atoms with E-state index in [1.165, 1.54) is 11.1 Å². The second-order valence-electron chi connectivity index (χ2n) is 7.07.